The molecule has 186 valence electrons. The maximum Gasteiger partial charge on any atom is 0.394 e. The lowest BCUT2D eigenvalue weighted by molar-refractivity contribution is -0.161. The first-order valence-electron chi connectivity index (χ1n) is 8.28. The van der Waals surface area contributed by atoms with Gasteiger partial charge in [-0.05, 0) is 20.8 Å². The molecule has 2 rings (SSSR count). The van der Waals surface area contributed by atoms with Gasteiger partial charge in [0.05, 0.1) is 6.04 Å². The van der Waals surface area contributed by atoms with E-state index in [1.807, 2.05) is 0 Å². The van der Waals surface area contributed by atoms with E-state index in [2.05, 4.69) is 15.5 Å². The summed E-state index contributed by atoms with van der Waals surface area (Å²) in [6.45, 7) is 3.69. The molecular formula is C13H19N5O12S3. The predicted molar refractivity (Wildman–Crippen MR) is 110 cm³/mol. The molecule has 0 aliphatic carbocycles. The lowest BCUT2D eigenvalue weighted by Crippen LogP contribution is -2.71. The van der Waals surface area contributed by atoms with E-state index in [0.717, 1.165) is 11.3 Å². The standard InChI is InChI=1S/C13H17N5O8S2.H2O4S/c1-5-7(10(20)18(5)28(23,24)25)16-9(19)8(6-4-27-12(14)15-6)17-26-13(2,3)11(21)22;1-5(2,3)4/h4-5,7H,1-3H3,(H2,14,15)(H,16,19)(H,21,22)(H,23,24,25);(H2,1,2,3,4)/t5-,7-;/m0./s1. The predicted octanol–water partition coefficient (Wildman–Crippen LogP) is -1.83. The molecule has 1 saturated heterocycles. The molecule has 0 aromatic carbocycles. The van der Waals surface area contributed by atoms with Crippen molar-refractivity contribution in [1.82, 2.24) is 14.6 Å². The first-order chi connectivity index (χ1) is 14.8. The van der Waals surface area contributed by atoms with Crippen molar-refractivity contribution in [2.45, 2.75) is 38.5 Å². The second-order valence-corrected chi connectivity index (χ2v) is 9.74. The number of nitrogen functional groups attached to an aromatic ring is 1. The van der Waals surface area contributed by atoms with Gasteiger partial charge in [0, 0.05) is 5.38 Å². The lowest BCUT2D eigenvalue weighted by Gasteiger charge is -2.42. The molecule has 1 aromatic heterocycles. The fourth-order valence-electron chi connectivity index (χ4n) is 2.11. The summed E-state index contributed by atoms with van der Waals surface area (Å²) in [5.41, 5.74) is 3.26. The summed E-state index contributed by atoms with van der Waals surface area (Å²) in [5.74, 6) is -3.38. The molecule has 0 spiro atoms. The molecule has 1 aliphatic heterocycles. The summed E-state index contributed by atoms with van der Waals surface area (Å²) in [6.07, 6.45) is 0. The zero-order chi connectivity index (χ0) is 25.9. The van der Waals surface area contributed by atoms with Gasteiger partial charge in [-0.3, -0.25) is 23.2 Å². The third-order valence-electron chi connectivity index (χ3n) is 3.73. The molecular weight excluding hydrogens is 514 g/mol. The number of amides is 2. The van der Waals surface area contributed by atoms with Gasteiger partial charge in [0.15, 0.2) is 10.8 Å². The summed E-state index contributed by atoms with van der Waals surface area (Å²) < 4.78 is 63.0. The van der Waals surface area contributed by atoms with Crippen LogP contribution in [0.2, 0.25) is 0 Å². The molecule has 0 radical (unpaired) electrons. The van der Waals surface area contributed by atoms with Gasteiger partial charge in [-0.2, -0.15) is 16.8 Å². The number of carbonyl (C=O) groups excluding carboxylic acids is 2. The summed E-state index contributed by atoms with van der Waals surface area (Å²) >= 11 is 0.980. The molecule has 1 aromatic rings. The first kappa shape index (κ1) is 28.1. The van der Waals surface area contributed by atoms with E-state index in [-0.39, 0.29) is 15.1 Å². The van der Waals surface area contributed by atoms with Crippen LogP contribution < -0.4 is 11.1 Å². The number of thiazole rings is 1. The number of nitrogens with one attached hydrogen (secondary N) is 1. The Labute approximate surface area is 190 Å². The summed E-state index contributed by atoms with van der Waals surface area (Å²) in [5, 5.41) is 16.3. The third kappa shape index (κ3) is 7.87. The van der Waals surface area contributed by atoms with Crippen LogP contribution in [0.15, 0.2) is 10.5 Å². The van der Waals surface area contributed by atoms with Crippen LogP contribution >= 0.6 is 11.3 Å². The number of carbonyl (C=O) groups is 3. The van der Waals surface area contributed by atoms with Crippen molar-refractivity contribution in [1.29, 1.82) is 0 Å². The maximum absolute atomic E-state index is 12.6. The Balaban J connectivity index is 0.000000981. The van der Waals surface area contributed by atoms with Gasteiger partial charge in [-0.15, -0.1) is 11.3 Å². The number of anilines is 1. The van der Waals surface area contributed by atoms with Crippen LogP contribution in [0.4, 0.5) is 5.13 Å². The van der Waals surface area contributed by atoms with Gasteiger partial charge in [-0.25, -0.2) is 14.1 Å². The Kier molecular flexibility index (Phi) is 8.46. The Morgan fingerprint density at radius 3 is 2.15 bits per heavy atom. The molecule has 0 saturated carbocycles. The van der Waals surface area contributed by atoms with Crippen LogP contribution in [0.3, 0.4) is 0 Å². The van der Waals surface area contributed by atoms with Crippen LogP contribution in [0.1, 0.15) is 26.5 Å². The number of β-lactam (4-membered cyclic amide) rings is 1. The number of rotatable bonds is 7. The van der Waals surface area contributed by atoms with E-state index in [4.69, 9.17) is 37.8 Å². The monoisotopic (exact) mass is 533 g/mol. The topological polar surface area (TPSA) is 276 Å². The van der Waals surface area contributed by atoms with Crippen molar-refractivity contribution in [2.24, 2.45) is 5.16 Å². The van der Waals surface area contributed by atoms with Gasteiger partial charge in [0.1, 0.15) is 11.7 Å². The van der Waals surface area contributed by atoms with E-state index in [0.29, 0.717) is 0 Å². The molecule has 1 fully saturated rings. The van der Waals surface area contributed by atoms with E-state index in [1.54, 1.807) is 0 Å². The number of aromatic nitrogens is 1. The number of nitrogens with zero attached hydrogens (tertiary/aromatic N) is 3. The van der Waals surface area contributed by atoms with Crippen molar-refractivity contribution >= 4 is 60.7 Å². The summed E-state index contributed by atoms with van der Waals surface area (Å²) in [6, 6.07) is -2.31. The second kappa shape index (κ2) is 9.93. The number of carboxylic acids is 1. The molecule has 1 aliphatic rings. The normalized spacial score (nSPS) is 19.2. The molecule has 17 nitrogen and oxygen atoms in total. The van der Waals surface area contributed by atoms with Crippen LogP contribution in [-0.4, -0.2) is 86.1 Å². The van der Waals surface area contributed by atoms with Crippen LogP contribution in [-0.2, 0) is 39.9 Å². The molecule has 2 amide bonds. The highest BCUT2D eigenvalue weighted by atomic mass is 32.3. The minimum absolute atomic E-state index is 0.0350. The number of aliphatic carboxylic acids is 1. The average molecular weight is 534 g/mol. The minimum Gasteiger partial charge on any atom is -0.478 e. The maximum atomic E-state index is 12.6. The highest BCUT2D eigenvalue weighted by Gasteiger charge is 2.51. The van der Waals surface area contributed by atoms with E-state index >= 15 is 0 Å². The van der Waals surface area contributed by atoms with Crippen molar-refractivity contribution in [2.75, 3.05) is 5.73 Å². The van der Waals surface area contributed by atoms with Crippen molar-refractivity contribution < 1.29 is 54.8 Å². The van der Waals surface area contributed by atoms with Gasteiger partial charge >= 0.3 is 26.7 Å². The summed E-state index contributed by atoms with van der Waals surface area (Å²) in [7, 11) is -9.42. The number of nitrogens with two attached hydrogens (primary N) is 1. The molecule has 0 bridgehead atoms. The molecule has 0 unspecified atom stereocenters. The van der Waals surface area contributed by atoms with E-state index in [9.17, 15) is 22.8 Å². The fourth-order valence-corrected chi connectivity index (χ4v) is 3.54. The van der Waals surface area contributed by atoms with Gasteiger partial charge in [0.25, 0.3) is 11.8 Å². The lowest BCUT2D eigenvalue weighted by atomic mass is 10.0. The smallest absolute Gasteiger partial charge is 0.394 e. The highest BCUT2D eigenvalue weighted by molar-refractivity contribution is 7.84. The Bertz CT molecular complexity index is 1170. The Morgan fingerprint density at radius 2 is 1.79 bits per heavy atom. The Morgan fingerprint density at radius 1 is 1.27 bits per heavy atom. The van der Waals surface area contributed by atoms with Crippen LogP contribution in [0.5, 0.6) is 0 Å². The molecule has 2 atom stereocenters. The quantitative estimate of drug-likeness (QED) is 0.0973. The SMILES string of the molecule is C[C@H]1[C@H](NC(=O)C(=NOC(C)(C)C(=O)O)c2csc(N)n2)C(=O)N1S(=O)(=O)O.O=S(=O)(O)O. The van der Waals surface area contributed by atoms with Crippen molar-refractivity contribution in [3.8, 4) is 0 Å². The number of hydrogen-bond acceptors (Lipinski definition) is 12. The average Bonchev–Trinajstić information content (AvgIpc) is 3.03. The number of oxime groups is 1. The first-order valence-corrected chi connectivity index (χ1v) is 12.0. The van der Waals surface area contributed by atoms with Gasteiger partial charge in [0.2, 0.25) is 5.60 Å². The van der Waals surface area contributed by atoms with E-state index < -0.39 is 61.9 Å². The third-order valence-corrected chi connectivity index (χ3v) is 5.41. The van der Waals surface area contributed by atoms with Crippen molar-refractivity contribution in [3.63, 3.8) is 0 Å². The second-order valence-electron chi connectivity index (χ2n) is 6.67. The molecule has 7 N–H and O–H groups in total. The minimum atomic E-state index is -4.76. The number of hydrogen-bond donors (Lipinski definition) is 6. The molecule has 33 heavy (non-hydrogen) atoms. The highest BCUT2D eigenvalue weighted by Crippen LogP contribution is 2.23. The largest absolute Gasteiger partial charge is 0.478 e. The zero-order valence-electron chi connectivity index (χ0n) is 16.9. The number of carboxylic acid groups (broad SMARTS) is 1. The fraction of sp³-hybridized carbons (Fsp3) is 0.462. The molecule has 20 heteroatoms. The van der Waals surface area contributed by atoms with Crippen LogP contribution in [0.25, 0.3) is 0 Å². The summed E-state index contributed by atoms with van der Waals surface area (Å²) in [4.78, 5) is 44.4. The van der Waals surface area contributed by atoms with Gasteiger partial charge < -0.3 is 21.0 Å². The van der Waals surface area contributed by atoms with Crippen LogP contribution in [0, 0.1) is 0 Å². The van der Waals surface area contributed by atoms with Crippen molar-refractivity contribution in [3.05, 3.63) is 11.1 Å². The van der Waals surface area contributed by atoms with E-state index in [1.165, 1.54) is 26.2 Å². The zero-order valence-corrected chi connectivity index (χ0v) is 19.4. The molecule has 2 heterocycles. The Hall–Kier alpha value is -2.91. The van der Waals surface area contributed by atoms with Gasteiger partial charge in [-0.1, -0.05) is 5.16 Å².